The molecule has 3 N–H and O–H groups in total. The van der Waals surface area contributed by atoms with Gasteiger partial charge in [-0.25, -0.2) is 0 Å². The zero-order valence-electron chi connectivity index (χ0n) is 4.92. The zero-order chi connectivity index (χ0) is 6.69. The first-order valence-corrected chi connectivity index (χ1v) is 2.55. The van der Waals surface area contributed by atoms with Gasteiger partial charge in [-0.2, -0.15) is 0 Å². The Hall–Kier alpha value is -1.38. The predicted molar refractivity (Wildman–Crippen MR) is 36.0 cm³/mol. The molecule has 0 unspecified atom stereocenters. The van der Waals surface area contributed by atoms with Crippen LogP contribution in [0.2, 0.25) is 0 Å². The molecule has 0 spiro atoms. The molecule has 0 radical (unpaired) electrons. The van der Waals surface area contributed by atoms with Crippen LogP contribution in [0.15, 0.2) is 25.0 Å². The molecule has 0 amide bonds. The molecule has 48 valence electrons. The first-order chi connectivity index (χ1) is 4.33. The van der Waals surface area contributed by atoms with Crippen molar-refractivity contribution < 1.29 is 4.74 Å². The minimum Gasteiger partial charge on any atom is -0.449 e. The number of hydrogen-bond donors (Lipinski definition) is 2. The molecule has 0 aliphatic heterocycles. The van der Waals surface area contributed by atoms with E-state index < -0.39 is 0 Å². The van der Waals surface area contributed by atoms with Crippen LogP contribution in [0.25, 0.3) is 0 Å². The maximum absolute atomic E-state index is 5.34. The van der Waals surface area contributed by atoms with E-state index >= 15 is 0 Å². The molecule has 0 aliphatic carbocycles. The Labute approximate surface area is 53.1 Å². The first kappa shape index (κ1) is 5.75. The van der Waals surface area contributed by atoms with Crippen LogP contribution in [0, 0.1) is 0 Å². The highest BCUT2D eigenvalue weighted by Crippen LogP contribution is 2.10. The van der Waals surface area contributed by atoms with Gasteiger partial charge in [0.1, 0.15) is 5.82 Å². The first-order valence-electron chi connectivity index (χ1n) is 2.55. The molecule has 1 rings (SSSR count). The van der Waals surface area contributed by atoms with Gasteiger partial charge in [0.15, 0.2) is 5.88 Å². The van der Waals surface area contributed by atoms with Gasteiger partial charge in [-0.3, -0.25) is 0 Å². The Bertz CT molecular complexity index is 205. The molecule has 0 atom stereocenters. The number of nitrogens with two attached hydrogens (primary N) is 1. The van der Waals surface area contributed by atoms with Crippen LogP contribution in [0.5, 0.6) is 5.88 Å². The van der Waals surface area contributed by atoms with Crippen LogP contribution < -0.4 is 10.5 Å². The number of aromatic amines is 1. The summed E-state index contributed by atoms with van der Waals surface area (Å²) in [4.78, 5) is 2.76. The van der Waals surface area contributed by atoms with Gasteiger partial charge >= 0.3 is 0 Å². The maximum Gasteiger partial charge on any atom is 0.198 e. The number of anilines is 1. The number of hydrogen-bond acceptors (Lipinski definition) is 2. The van der Waals surface area contributed by atoms with Crippen molar-refractivity contribution in [3.63, 3.8) is 0 Å². The molecule has 0 fully saturated rings. The minimum atomic E-state index is 0.590. The van der Waals surface area contributed by atoms with E-state index in [0.717, 1.165) is 0 Å². The van der Waals surface area contributed by atoms with Crippen LogP contribution in [0.1, 0.15) is 0 Å². The highest BCUT2D eigenvalue weighted by atomic mass is 16.5. The highest BCUT2D eigenvalue weighted by molar-refractivity contribution is 5.34. The molecule has 1 aromatic heterocycles. The molecule has 0 aromatic carbocycles. The van der Waals surface area contributed by atoms with E-state index in [0.29, 0.717) is 11.7 Å². The van der Waals surface area contributed by atoms with Gasteiger partial charge in [0.25, 0.3) is 0 Å². The number of ether oxygens (including phenoxy) is 1. The summed E-state index contributed by atoms with van der Waals surface area (Å²) in [5, 5.41) is 0. The van der Waals surface area contributed by atoms with Crippen LogP contribution in [-0.2, 0) is 0 Å². The topological polar surface area (TPSA) is 51.0 Å². The molecule has 0 saturated carbocycles. The maximum atomic E-state index is 5.34. The van der Waals surface area contributed by atoms with Crippen molar-refractivity contribution in [2.75, 3.05) is 5.73 Å². The summed E-state index contributed by atoms with van der Waals surface area (Å²) in [5.74, 6) is 1.20. The van der Waals surface area contributed by atoms with Crippen molar-refractivity contribution in [1.29, 1.82) is 0 Å². The van der Waals surface area contributed by atoms with Gasteiger partial charge in [0.05, 0.1) is 6.26 Å². The van der Waals surface area contributed by atoms with Crippen molar-refractivity contribution >= 4 is 5.82 Å². The molecule has 0 bridgehead atoms. The Morgan fingerprint density at radius 3 is 2.89 bits per heavy atom. The number of nitrogens with one attached hydrogen (secondary N) is 1. The van der Waals surface area contributed by atoms with Gasteiger partial charge in [0, 0.05) is 6.07 Å². The zero-order valence-corrected chi connectivity index (χ0v) is 4.92. The fraction of sp³-hybridized carbons (Fsp3) is 0. The molecule has 1 heterocycles. The summed E-state index contributed by atoms with van der Waals surface area (Å²) in [6, 6.07) is 3.45. The fourth-order valence-electron chi connectivity index (χ4n) is 0.550. The second-order valence-electron chi connectivity index (χ2n) is 1.56. The molecule has 1 aromatic rings. The van der Waals surface area contributed by atoms with E-state index in [9.17, 15) is 0 Å². The third-order valence-corrected chi connectivity index (χ3v) is 0.892. The van der Waals surface area contributed by atoms with Crippen LogP contribution >= 0.6 is 0 Å². The largest absolute Gasteiger partial charge is 0.449 e. The SMILES string of the molecule is C=COc1ccc(N)[nH]1. The van der Waals surface area contributed by atoms with Crippen LogP contribution in [0.4, 0.5) is 5.82 Å². The normalized spacial score (nSPS) is 8.89. The summed E-state index contributed by atoms with van der Waals surface area (Å²) in [7, 11) is 0. The van der Waals surface area contributed by atoms with E-state index in [4.69, 9.17) is 10.5 Å². The van der Waals surface area contributed by atoms with Crippen molar-refractivity contribution in [3.05, 3.63) is 25.0 Å². The Morgan fingerprint density at radius 2 is 2.44 bits per heavy atom. The Kier molecular flexibility index (Phi) is 1.44. The lowest BCUT2D eigenvalue weighted by Gasteiger charge is -1.90. The summed E-state index contributed by atoms with van der Waals surface area (Å²) in [6.07, 6.45) is 1.34. The molecular formula is C6H8N2O. The van der Waals surface area contributed by atoms with Gasteiger partial charge in [-0.05, 0) is 6.07 Å². The van der Waals surface area contributed by atoms with E-state index in [2.05, 4.69) is 11.6 Å². The van der Waals surface area contributed by atoms with Gasteiger partial charge in [-0.1, -0.05) is 6.58 Å². The highest BCUT2D eigenvalue weighted by Gasteiger charge is 1.90. The molecule has 9 heavy (non-hydrogen) atoms. The number of aromatic nitrogens is 1. The molecule has 0 saturated heterocycles. The average Bonchev–Trinajstić information content (AvgIpc) is 2.17. The lowest BCUT2D eigenvalue weighted by molar-refractivity contribution is 0.467. The lowest BCUT2D eigenvalue weighted by Crippen LogP contribution is -1.83. The molecule has 0 aliphatic rings. The summed E-state index contributed by atoms with van der Waals surface area (Å²) in [6.45, 7) is 3.38. The quantitative estimate of drug-likeness (QED) is 0.580. The average molecular weight is 124 g/mol. The molecule has 3 heteroatoms. The third-order valence-electron chi connectivity index (χ3n) is 0.892. The number of H-pyrrole nitrogens is 1. The Morgan fingerprint density at radius 1 is 1.67 bits per heavy atom. The summed E-state index contributed by atoms with van der Waals surface area (Å²) >= 11 is 0. The Balaban J connectivity index is 2.72. The lowest BCUT2D eigenvalue weighted by atomic mass is 10.6. The van der Waals surface area contributed by atoms with Crippen molar-refractivity contribution in [1.82, 2.24) is 4.98 Å². The van der Waals surface area contributed by atoms with Crippen molar-refractivity contribution in [2.24, 2.45) is 0 Å². The van der Waals surface area contributed by atoms with Gasteiger partial charge in [0.2, 0.25) is 0 Å². The molecular weight excluding hydrogens is 116 g/mol. The number of nitrogen functional groups attached to an aromatic ring is 1. The smallest absolute Gasteiger partial charge is 0.198 e. The van der Waals surface area contributed by atoms with E-state index in [1.165, 1.54) is 6.26 Å². The van der Waals surface area contributed by atoms with Crippen molar-refractivity contribution in [2.45, 2.75) is 0 Å². The summed E-state index contributed by atoms with van der Waals surface area (Å²) in [5.41, 5.74) is 5.34. The summed E-state index contributed by atoms with van der Waals surface area (Å²) < 4.78 is 4.86. The van der Waals surface area contributed by atoms with E-state index in [1.54, 1.807) is 12.1 Å². The van der Waals surface area contributed by atoms with E-state index in [-0.39, 0.29) is 0 Å². The second kappa shape index (κ2) is 2.26. The minimum absolute atomic E-state index is 0.590. The second-order valence-corrected chi connectivity index (χ2v) is 1.56. The monoisotopic (exact) mass is 124 g/mol. The number of rotatable bonds is 2. The van der Waals surface area contributed by atoms with Gasteiger partial charge in [-0.15, -0.1) is 0 Å². The van der Waals surface area contributed by atoms with Crippen LogP contribution in [-0.4, -0.2) is 4.98 Å². The van der Waals surface area contributed by atoms with E-state index in [1.807, 2.05) is 0 Å². The standard InChI is InChI=1S/C6H8N2O/c1-2-9-6-4-3-5(7)8-6/h2-4,8H,1,7H2. The van der Waals surface area contributed by atoms with Crippen LogP contribution in [0.3, 0.4) is 0 Å². The predicted octanol–water partition coefficient (Wildman–Crippen LogP) is 1.12. The third kappa shape index (κ3) is 1.25. The van der Waals surface area contributed by atoms with Gasteiger partial charge < -0.3 is 15.5 Å². The fourth-order valence-corrected chi connectivity index (χ4v) is 0.550. The van der Waals surface area contributed by atoms with Crippen molar-refractivity contribution in [3.8, 4) is 5.88 Å². The molecule has 3 nitrogen and oxygen atoms in total.